The van der Waals surface area contributed by atoms with Crippen LogP contribution in [0.25, 0.3) is 0 Å². The van der Waals surface area contributed by atoms with Crippen molar-refractivity contribution in [1.29, 1.82) is 0 Å². The molecule has 19 heavy (non-hydrogen) atoms. The second-order valence-corrected chi connectivity index (χ2v) is 4.93. The minimum atomic E-state index is -0.279. The Morgan fingerprint density at radius 1 is 1.53 bits per heavy atom. The van der Waals surface area contributed by atoms with Gasteiger partial charge in [-0.3, -0.25) is 0 Å². The summed E-state index contributed by atoms with van der Waals surface area (Å²) >= 11 is 0. The van der Waals surface area contributed by atoms with Crippen LogP contribution in [-0.2, 0) is 9.47 Å². The first kappa shape index (κ1) is 14.0. The molecule has 1 aliphatic rings. The van der Waals surface area contributed by atoms with Crippen LogP contribution >= 0.6 is 0 Å². The number of aromatic nitrogens is 2. The van der Waals surface area contributed by atoms with Gasteiger partial charge < -0.3 is 19.5 Å². The lowest BCUT2D eigenvalue weighted by atomic mass is 10.0. The number of rotatable bonds is 6. The van der Waals surface area contributed by atoms with E-state index < -0.39 is 0 Å². The van der Waals surface area contributed by atoms with Crippen molar-refractivity contribution in [3.8, 4) is 5.88 Å². The smallest absolute Gasteiger partial charge is 0.226 e. The monoisotopic (exact) mass is 267 g/mol. The zero-order valence-corrected chi connectivity index (χ0v) is 11.7. The van der Waals surface area contributed by atoms with E-state index in [9.17, 15) is 0 Å². The number of nitrogens with one attached hydrogen (secondary N) is 1. The molecule has 1 unspecified atom stereocenters. The lowest BCUT2D eigenvalue weighted by Crippen LogP contribution is -2.39. The average molecular weight is 267 g/mol. The molecule has 1 aromatic rings. The second-order valence-electron chi connectivity index (χ2n) is 4.93. The summed E-state index contributed by atoms with van der Waals surface area (Å²) in [4.78, 5) is 8.47. The van der Waals surface area contributed by atoms with Crippen LogP contribution in [0.1, 0.15) is 20.3 Å². The van der Waals surface area contributed by atoms with Gasteiger partial charge in [0.1, 0.15) is 5.60 Å². The number of hydrogen-bond acceptors (Lipinski definition) is 6. The number of ether oxygens (including phenoxy) is 3. The van der Waals surface area contributed by atoms with Crippen LogP contribution in [0.2, 0.25) is 0 Å². The predicted octanol–water partition coefficient (Wildman–Crippen LogP) is 1.48. The summed E-state index contributed by atoms with van der Waals surface area (Å²) in [6.45, 7) is 5.87. The normalized spacial score (nSPS) is 22.7. The van der Waals surface area contributed by atoms with Gasteiger partial charge in [0.05, 0.1) is 12.7 Å². The van der Waals surface area contributed by atoms with Crippen LogP contribution in [-0.4, -0.2) is 48.5 Å². The SMILES string of the molecule is COC1(CNc2nccc(OC(C)C)n2)CCOC1. The molecule has 1 fully saturated rings. The van der Waals surface area contributed by atoms with Gasteiger partial charge in [0.15, 0.2) is 0 Å². The molecule has 0 bridgehead atoms. The Bertz CT molecular complexity index is 406. The van der Waals surface area contributed by atoms with Crippen LogP contribution in [0.15, 0.2) is 12.3 Å². The predicted molar refractivity (Wildman–Crippen MR) is 71.5 cm³/mol. The van der Waals surface area contributed by atoms with E-state index in [1.807, 2.05) is 13.8 Å². The van der Waals surface area contributed by atoms with Crippen molar-refractivity contribution < 1.29 is 14.2 Å². The summed E-state index contributed by atoms with van der Waals surface area (Å²) in [5.74, 6) is 1.11. The summed E-state index contributed by atoms with van der Waals surface area (Å²) in [5.41, 5.74) is -0.279. The molecule has 1 aromatic heterocycles. The van der Waals surface area contributed by atoms with Crippen molar-refractivity contribution in [2.75, 3.05) is 32.2 Å². The fourth-order valence-corrected chi connectivity index (χ4v) is 1.94. The Balaban J connectivity index is 1.95. The van der Waals surface area contributed by atoms with E-state index in [1.165, 1.54) is 0 Å². The second kappa shape index (κ2) is 6.16. The maximum Gasteiger partial charge on any atom is 0.226 e. The summed E-state index contributed by atoms with van der Waals surface area (Å²) < 4.78 is 16.5. The van der Waals surface area contributed by atoms with E-state index >= 15 is 0 Å². The van der Waals surface area contributed by atoms with Crippen LogP contribution < -0.4 is 10.1 Å². The van der Waals surface area contributed by atoms with Crippen molar-refractivity contribution in [3.05, 3.63) is 12.3 Å². The maximum absolute atomic E-state index is 5.54. The highest BCUT2D eigenvalue weighted by Gasteiger charge is 2.34. The Kier molecular flexibility index (Phi) is 4.55. The fraction of sp³-hybridized carbons (Fsp3) is 0.692. The van der Waals surface area contributed by atoms with Crippen molar-refractivity contribution in [3.63, 3.8) is 0 Å². The Morgan fingerprint density at radius 3 is 3.00 bits per heavy atom. The summed E-state index contributed by atoms with van der Waals surface area (Å²) in [6.07, 6.45) is 2.65. The molecule has 1 N–H and O–H groups in total. The van der Waals surface area contributed by atoms with Gasteiger partial charge in [-0.1, -0.05) is 0 Å². The molecular formula is C13H21N3O3. The van der Waals surface area contributed by atoms with E-state index in [4.69, 9.17) is 14.2 Å². The van der Waals surface area contributed by atoms with Gasteiger partial charge in [0, 0.05) is 38.9 Å². The number of hydrogen-bond donors (Lipinski definition) is 1. The van der Waals surface area contributed by atoms with Crippen molar-refractivity contribution in [2.45, 2.75) is 32.0 Å². The van der Waals surface area contributed by atoms with Gasteiger partial charge in [0.25, 0.3) is 0 Å². The number of methoxy groups -OCH3 is 1. The molecule has 6 nitrogen and oxygen atoms in total. The molecule has 0 spiro atoms. The zero-order chi connectivity index (χ0) is 13.7. The summed E-state index contributed by atoms with van der Waals surface area (Å²) in [5, 5.41) is 3.18. The third-order valence-electron chi connectivity index (χ3n) is 3.06. The summed E-state index contributed by atoms with van der Waals surface area (Å²) in [7, 11) is 1.70. The molecule has 0 radical (unpaired) electrons. The molecule has 0 amide bonds. The van der Waals surface area contributed by atoms with Crippen molar-refractivity contribution in [2.24, 2.45) is 0 Å². The van der Waals surface area contributed by atoms with E-state index in [2.05, 4.69) is 15.3 Å². The van der Waals surface area contributed by atoms with E-state index in [0.717, 1.165) is 13.0 Å². The van der Waals surface area contributed by atoms with Gasteiger partial charge in [-0.15, -0.1) is 0 Å². The van der Waals surface area contributed by atoms with Gasteiger partial charge in [-0.25, -0.2) is 4.98 Å². The molecule has 0 saturated carbocycles. The topological polar surface area (TPSA) is 65.5 Å². The van der Waals surface area contributed by atoms with E-state index in [0.29, 0.717) is 25.0 Å². The first-order valence-electron chi connectivity index (χ1n) is 6.50. The highest BCUT2D eigenvalue weighted by Crippen LogP contribution is 2.22. The largest absolute Gasteiger partial charge is 0.475 e. The zero-order valence-electron chi connectivity index (χ0n) is 11.7. The molecular weight excluding hydrogens is 246 g/mol. The third-order valence-corrected chi connectivity index (χ3v) is 3.06. The fourth-order valence-electron chi connectivity index (χ4n) is 1.94. The summed E-state index contributed by atoms with van der Waals surface area (Å²) in [6, 6.07) is 1.75. The van der Waals surface area contributed by atoms with E-state index in [1.54, 1.807) is 19.4 Å². The van der Waals surface area contributed by atoms with Gasteiger partial charge in [-0.2, -0.15) is 4.98 Å². The maximum atomic E-state index is 5.54. The molecule has 106 valence electrons. The van der Waals surface area contributed by atoms with Gasteiger partial charge in [-0.05, 0) is 13.8 Å². The Morgan fingerprint density at radius 2 is 2.37 bits per heavy atom. The first-order chi connectivity index (χ1) is 9.13. The van der Waals surface area contributed by atoms with E-state index in [-0.39, 0.29) is 11.7 Å². The highest BCUT2D eigenvalue weighted by molar-refractivity contribution is 5.28. The number of nitrogens with zero attached hydrogens (tertiary/aromatic N) is 2. The quantitative estimate of drug-likeness (QED) is 0.842. The first-order valence-corrected chi connectivity index (χ1v) is 6.50. The van der Waals surface area contributed by atoms with Gasteiger partial charge in [0.2, 0.25) is 11.8 Å². The van der Waals surface area contributed by atoms with Crippen molar-refractivity contribution in [1.82, 2.24) is 9.97 Å². The molecule has 1 atom stereocenters. The molecule has 1 aliphatic heterocycles. The minimum Gasteiger partial charge on any atom is -0.475 e. The van der Waals surface area contributed by atoms with Crippen LogP contribution in [0, 0.1) is 0 Å². The van der Waals surface area contributed by atoms with Crippen molar-refractivity contribution >= 4 is 5.95 Å². The van der Waals surface area contributed by atoms with Crippen LogP contribution in [0.3, 0.4) is 0 Å². The van der Waals surface area contributed by atoms with Gasteiger partial charge >= 0.3 is 0 Å². The molecule has 6 heteroatoms. The van der Waals surface area contributed by atoms with Crippen LogP contribution in [0.5, 0.6) is 5.88 Å². The average Bonchev–Trinajstić information content (AvgIpc) is 2.86. The molecule has 1 saturated heterocycles. The lowest BCUT2D eigenvalue weighted by molar-refractivity contribution is -0.00632. The number of anilines is 1. The van der Waals surface area contributed by atoms with Crippen LogP contribution in [0.4, 0.5) is 5.95 Å². The minimum absolute atomic E-state index is 0.0938. The molecule has 0 aromatic carbocycles. The third kappa shape index (κ3) is 3.78. The lowest BCUT2D eigenvalue weighted by Gasteiger charge is -2.25. The Hall–Kier alpha value is -1.40. The highest BCUT2D eigenvalue weighted by atomic mass is 16.5. The molecule has 0 aliphatic carbocycles. The molecule has 2 heterocycles. The molecule has 2 rings (SSSR count). The standard InChI is InChI=1S/C13H21N3O3/c1-10(2)19-11-4-6-14-12(16-11)15-8-13(17-3)5-7-18-9-13/h4,6,10H,5,7-9H2,1-3H3,(H,14,15,16). The Labute approximate surface area is 113 Å².